The molecule has 1 saturated heterocycles. The molecule has 0 radical (unpaired) electrons. The summed E-state index contributed by atoms with van der Waals surface area (Å²) >= 11 is 0. The summed E-state index contributed by atoms with van der Waals surface area (Å²) in [6.45, 7) is 2.16. The summed E-state index contributed by atoms with van der Waals surface area (Å²) in [6, 6.07) is 5.34. The van der Waals surface area contributed by atoms with Crippen molar-refractivity contribution in [2.75, 3.05) is 17.2 Å². The molecule has 0 bridgehead atoms. The summed E-state index contributed by atoms with van der Waals surface area (Å²) in [7, 11) is -7.07. The van der Waals surface area contributed by atoms with E-state index in [-0.39, 0.29) is 36.5 Å². The highest BCUT2D eigenvalue weighted by Gasteiger charge is 2.37. The van der Waals surface area contributed by atoms with Gasteiger partial charge in [0, 0.05) is 22.7 Å². The molecule has 9 N–H and O–H groups in total. The van der Waals surface area contributed by atoms with E-state index in [0.717, 1.165) is 31.2 Å². The number of nitrogens with one attached hydrogen (secondary N) is 1. The molecule has 40 heavy (non-hydrogen) atoms. The third kappa shape index (κ3) is 9.15. The fourth-order valence-corrected chi connectivity index (χ4v) is 4.96. The van der Waals surface area contributed by atoms with Crippen molar-refractivity contribution in [2.45, 2.75) is 70.3 Å². The van der Waals surface area contributed by atoms with E-state index in [4.69, 9.17) is 34.6 Å². The summed E-state index contributed by atoms with van der Waals surface area (Å²) < 4.78 is 27.4. The number of nitrogens with two attached hydrogens (primary N) is 1. The molecule has 220 valence electrons. The van der Waals surface area contributed by atoms with E-state index in [2.05, 4.69) is 27.2 Å². The van der Waals surface area contributed by atoms with Gasteiger partial charge in [-0.2, -0.15) is 9.97 Å². The number of aliphatic hydroxyl groups excluding tert-OH is 1. The van der Waals surface area contributed by atoms with Crippen LogP contribution in [0.5, 0.6) is 5.75 Å². The number of unbranched alkanes of at least 4 members (excludes halogenated alkanes) is 3. The molecule has 1 aliphatic rings. The van der Waals surface area contributed by atoms with Crippen LogP contribution in [-0.4, -0.2) is 67.7 Å². The smallest absolute Gasteiger partial charge is 0.508 e. The maximum atomic E-state index is 11.2. The molecule has 15 nitrogen and oxygen atoms in total. The van der Waals surface area contributed by atoms with E-state index >= 15 is 0 Å². The lowest BCUT2D eigenvalue weighted by Gasteiger charge is -2.16. The molecule has 3 aromatic rings. The summed E-state index contributed by atoms with van der Waals surface area (Å²) in [5.41, 5.74) is 8.34. The second kappa shape index (κ2) is 14.2. The van der Waals surface area contributed by atoms with Gasteiger partial charge in [-0.15, -0.1) is 9.79 Å². The summed E-state index contributed by atoms with van der Waals surface area (Å²) in [5.74, 6) is 0.549. The van der Waals surface area contributed by atoms with Gasteiger partial charge in [0.1, 0.15) is 17.5 Å². The van der Waals surface area contributed by atoms with Crippen molar-refractivity contribution >= 4 is 44.5 Å². The minimum absolute atomic E-state index is 0.0244. The number of hydrogen-bond donors (Lipinski definition) is 8. The second-order valence-electron chi connectivity index (χ2n) is 9.40. The molecule has 0 amide bonds. The maximum Gasteiger partial charge on any atom is 0.692 e. The largest absolute Gasteiger partial charge is 0.692 e. The van der Waals surface area contributed by atoms with Gasteiger partial charge in [0.05, 0.1) is 24.7 Å². The monoisotopic (exact) mass is 601 g/mol. The molecule has 2 aromatic heterocycles. The van der Waals surface area contributed by atoms with Gasteiger partial charge in [-0.05, 0) is 30.9 Å². The van der Waals surface area contributed by atoms with Crippen LogP contribution < -0.4 is 11.1 Å². The van der Waals surface area contributed by atoms with E-state index in [1.165, 1.54) is 12.7 Å². The number of ether oxygens (including phenoxy) is 1. The molecule has 1 aliphatic heterocycles. The average Bonchev–Trinajstić information content (AvgIpc) is 3.44. The zero-order valence-corrected chi connectivity index (χ0v) is 23.7. The number of hydrogen-bond acceptors (Lipinski definition) is 10. The molecule has 3 unspecified atom stereocenters. The van der Waals surface area contributed by atoms with Gasteiger partial charge in [-0.1, -0.05) is 32.3 Å². The summed E-state index contributed by atoms with van der Waals surface area (Å²) in [5, 5.41) is 23.9. The summed E-state index contributed by atoms with van der Waals surface area (Å²) in [6.07, 6.45) is 4.39. The first kappa shape index (κ1) is 31.8. The summed E-state index contributed by atoms with van der Waals surface area (Å²) in [4.78, 5) is 45.6. The molecule has 4 rings (SSSR count). The number of rotatable bonds is 11. The van der Waals surface area contributed by atoms with Crippen molar-refractivity contribution in [3.8, 4) is 5.75 Å². The van der Waals surface area contributed by atoms with E-state index < -0.39 is 34.3 Å². The van der Waals surface area contributed by atoms with Crippen LogP contribution in [0, 0.1) is 0 Å². The number of aliphatic hydroxyl groups is 1. The molecule has 1 aromatic carbocycles. The number of nitrogens with zero attached hydrogens (tertiary/aromatic N) is 4. The first-order valence-electron chi connectivity index (χ1n) is 12.7. The predicted octanol–water partition coefficient (Wildman–Crippen LogP) is 2.83. The molecule has 0 aliphatic carbocycles. The van der Waals surface area contributed by atoms with Crippen LogP contribution in [0.15, 0.2) is 24.5 Å². The minimum atomic E-state index is -4.20. The number of anilines is 3. The fraction of sp³-hybridized carbons (Fsp3) is 0.522. The molecule has 1 fully saturated rings. The second-order valence-corrected chi connectivity index (χ2v) is 11.7. The Morgan fingerprint density at radius 1 is 1.23 bits per heavy atom. The van der Waals surface area contributed by atoms with Crippen molar-refractivity contribution in [1.29, 1.82) is 0 Å². The van der Waals surface area contributed by atoms with Crippen molar-refractivity contribution in [2.24, 2.45) is 0 Å². The van der Waals surface area contributed by atoms with Crippen molar-refractivity contribution in [3.63, 3.8) is 0 Å². The van der Waals surface area contributed by atoms with Gasteiger partial charge >= 0.3 is 15.9 Å². The molecule has 3 atom stereocenters. The van der Waals surface area contributed by atoms with Crippen LogP contribution in [0.25, 0.3) is 11.2 Å². The Morgan fingerprint density at radius 3 is 2.60 bits per heavy atom. The van der Waals surface area contributed by atoms with Crippen LogP contribution in [0.1, 0.15) is 57.2 Å². The Hall–Kier alpha value is -2.74. The standard InChI is InChI=1S/C23H33N6O6P.HO3P/c1-2-3-4-5-6-14-7-8-15(11-16(14)30)26-23-27-21(24)20-22(28-23)29(13-25-20)19-12-17(31)18(35-19)9-10-36(32,33)34;1-4(2)3/h7-8,11,13,17-19,30-31H,2-6,9-10,12H2,1H3,(H2,32,33,34)(H3,24,26,27,28);(H-,1,2,3)/p+1. The quantitative estimate of drug-likeness (QED) is 0.116. The number of phenolic OH excluding ortho intramolecular Hbond substituents is 1. The molecular weight excluding hydrogens is 566 g/mol. The highest BCUT2D eigenvalue weighted by Crippen LogP contribution is 2.39. The van der Waals surface area contributed by atoms with E-state index in [0.29, 0.717) is 16.9 Å². The van der Waals surface area contributed by atoms with E-state index in [9.17, 15) is 14.8 Å². The van der Waals surface area contributed by atoms with E-state index in [1.807, 2.05) is 12.1 Å². The molecule has 3 heterocycles. The third-order valence-corrected chi connectivity index (χ3v) is 7.15. The van der Waals surface area contributed by atoms with Crippen LogP contribution >= 0.6 is 15.9 Å². The number of benzene rings is 1. The normalized spacial score (nSPS) is 18.9. The lowest BCUT2D eigenvalue weighted by Crippen LogP contribution is -2.21. The first-order valence-corrected chi connectivity index (χ1v) is 15.7. The Bertz CT molecular complexity index is 1350. The number of fused-ring (bicyclic) bond motifs is 1. The highest BCUT2D eigenvalue weighted by molar-refractivity contribution is 7.51. The number of phenols is 1. The molecular formula is C23H35N6O9P2+. The van der Waals surface area contributed by atoms with Crippen LogP contribution in [0.4, 0.5) is 17.5 Å². The molecule has 0 saturated carbocycles. The van der Waals surface area contributed by atoms with Crippen molar-refractivity contribution < 1.29 is 43.7 Å². The Kier molecular flexibility index (Phi) is 11.3. The zero-order valence-electron chi connectivity index (χ0n) is 21.9. The van der Waals surface area contributed by atoms with Crippen molar-refractivity contribution in [1.82, 2.24) is 19.5 Å². The first-order chi connectivity index (χ1) is 18.9. The Morgan fingerprint density at radius 2 is 1.95 bits per heavy atom. The number of nitrogen functional groups attached to an aromatic ring is 1. The third-order valence-electron chi connectivity index (χ3n) is 6.31. The predicted molar refractivity (Wildman–Crippen MR) is 147 cm³/mol. The van der Waals surface area contributed by atoms with Crippen LogP contribution in [0.2, 0.25) is 0 Å². The number of imidazole rings is 1. The highest BCUT2D eigenvalue weighted by atomic mass is 31.2. The minimum Gasteiger partial charge on any atom is -0.508 e. The zero-order chi connectivity index (χ0) is 29.4. The maximum absolute atomic E-state index is 11.2. The van der Waals surface area contributed by atoms with Gasteiger partial charge < -0.3 is 35.8 Å². The van der Waals surface area contributed by atoms with Crippen molar-refractivity contribution in [3.05, 3.63) is 30.1 Å². The Labute approximate surface area is 231 Å². The SMILES string of the molecule is CCCCCCc1ccc(Nc2nc(N)c3ncn(C4CC(O)C(CCP(=O)(O)O)O4)c3n2)cc1O.O=[P+](O)O. The van der Waals surface area contributed by atoms with Gasteiger partial charge in [0.2, 0.25) is 5.95 Å². The van der Waals surface area contributed by atoms with E-state index in [1.54, 1.807) is 10.6 Å². The van der Waals surface area contributed by atoms with Crippen LogP contribution in [0.3, 0.4) is 0 Å². The van der Waals surface area contributed by atoms with Gasteiger partial charge in [-0.25, -0.2) is 4.98 Å². The lowest BCUT2D eigenvalue weighted by molar-refractivity contribution is -0.0183. The van der Waals surface area contributed by atoms with Gasteiger partial charge in [0.25, 0.3) is 0 Å². The van der Waals surface area contributed by atoms with Gasteiger partial charge in [0.15, 0.2) is 11.5 Å². The molecule has 17 heteroatoms. The average molecular weight is 602 g/mol. The lowest BCUT2D eigenvalue weighted by atomic mass is 10.0. The Balaban J connectivity index is 0.00000103. The van der Waals surface area contributed by atoms with Crippen LogP contribution in [-0.2, 0) is 20.3 Å². The fourth-order valence-electron chi connectivity index (χ4n) is 4.37. The van der Waals surface area contributed by atoms with Gasteiger partial charge in [-0.3, -0.25) is 9.13 Å². The number of aromatic nitrogens is 4. The molecule has 0 spiro atoms. The topological polar surface area (TPSA) is 246 Å². The number of aromatic hydroxyl groups is 1. The number of aryl methyl sites for hydroxylation is 1.